The molecule has 22 heavy (non-hydrogen) atoms. The van der Waals surface area contributed by atoms with Crippen LogP contribution in [0.2, 0.25) is 5.02 Å². The van der Waals surface area contributed by atoms with Crippen LogP contribution in [0.5, 0.6) is 11.5 Å². The molecule has 1 aliphatic heterocycles. The minimum absolute atomic E-state index is 0.0511. The highest BCUT2D eigenvalue weighted by Crippen LogP contribution is 2.30. The molecule has 5 heteroatoms. The average molecular weight is 318 g/mol. The molecule has 1 aliphatic rings. The minimum atomic E-state index is -0.177. The van der Waals surface area contributed by atoms with Crippen molar-refractivity contribution < 1.29 is 14.3 Å². The van der Waals surface area contributed by atoms with Crippen LogP contribution in [-0.2, 0) is 11.2 Å². The van der Waals surface area contributed by atoms with Crippen molar-refractivity contribution in [3.8, 4) is 11.5 Å². The van der Waals surface area contributed by atoms with E-state index in [1.807, 2.05) is 36.4 Å². The second kappa shape index (κ2) is 6.71. The number of amides is 1. The van der Waals surface area contributed by atoms with Crippen molar-refractivity contribution >= 4 is 17.5 Å². The van der Waals surface area contributed by atoms with Gasteiger partial charge in [0.1, 0.15) is 12.7 Å². The second-order valence-electron chi connectivity index (χ2n) is 5.10. The third-order valence-corrected chi connectivity index (χ3v) is 3.62. The lowest BCUT2D eigenvalue weighted by Gasteiger charge is -2.26. The van der Waals surface area contributed by atoms with Crippen molar-refractivity contribution in [3.63, 3.8) is 0 Å². The highest BCUT2D eigenvalue weighted by Gasteiger charge is 2.20. The van der Waals surface area contributed by atoms with E-state index in [9.17, 15) is 4.79 Å². The van der Waals surface area contributed by atoms with Crippen molar-refractivity contribution in [1.29, 1.82) is 0 Å². The van der Waals surface area contributed by atoms with Crippen LogP contribution in [0.1, 0.15) is 5.56 Å². The summed E-state index contributed by atoms with van der Waals surface area (Å²) in [5.41, 5.74) is 0.924. The van der Waals surface area contributed by atoms with E-state index >= 15 is 0 Å². The fraction of sp³-hybridized carbons (Fsp3) is 0.235. The number of rotatable bonds is 4. The van der Waals surface area contributed by atoms with Crippen LogP contribution in [0.15, 0.2) is 48.5 Å². The van der Waals surface area contributed by atoms with Gasteiger partial charge in [0.2, 0.25) is 5.91 Å². The first-order valence-electron chi connectivity index (χ1n) is 7.10. The summed E-state index contributed by atoms with van der Waals surface area (Å²) in [7, 11) is 0. The zero-order valence-corrected chi connectivity index (χ0v) is 12.7. The summed E-state index contributed by atoms with van der Waals surface area (Å²) in [5.74, 6) is 1.40. The molecule has 2 aromatic rings. The second-order valence-corrected chi connectivity index (χ2v) is 5.54. The average Bonchev–Trinajstić information content (AvgIpc) is 2.55. The predicted octanol–water partition coefficient (Wildman–Crippen LogP) is 2.84. The van der Waals surface area contributed by atoms with Gasteiger partial charge in [-0.3, -0.25) is 4.79 Å². The van der Waals surface area contributed by atoms with Gasteiger partial charge in [0.15, 0.2) is 11.5 Å². The number of halogens is 1. The lowest BCUT2D eigenvalue weighted by molar-refractivity contribution is -0.120. The van der Waals surface area contributed by atoms with E-state index < -0.39 is 0 Å². The SMILES string of the molecule is O=C(Cc1ccc(Cl)cc1)NC[C@H]1COc2ccccc2O1. The molecule has 0 unspecified atom stereocenters. The number of fused-ring (bicyclic) bond motifs is 1. The van der Waals surface area contributed by atoms with Gasteiger partial charge in [-0.2, -0.15) is 0 Å². The normalized spacial score (nSPS) is 16.1. The molecule has 0 bridgehead atoms. The zero-order valence-electron chi connectivity index (χ0n) is 11.9. The Labute approximate surface area is 134 Å². The van der Waals surface area contributed by atoms with Crippen LogP contribution < -0.4 is 14.8 Å². The van der Waals surface area contributed by atoms with E-state index in [4.69, 9.17) is 21.1 Å². The molecule has 0 saturated carbocycles. The molecule has 1 N–H and O–H groups in total. The van der Waals surface area contributed by atoms with Gasteiger partial charge in [0, 0.05) is 5.02 Å². The summed E-state index contributed by atoms with van der Waals surface area (Å²) in [6.07, 6.45) is 0.144. The van der Waals surface area contributed by atoms with Crippen molar-refractivity contribution in [3.05, 3.63) is 59.1 Å². The van der Waals surface area contributed by atoms with E-state index in [1.165, 1.54) is 0 Å². The Balaban J connectivity index is 1.49. The van der Waals surface area contributed by atoms with Crippen LogP contribution in [0, 0.1) is 0 Å². The molecular weight excluding hydrogens is 302 g/mol. The van der Waals surface area contributed by atoms with Crippen molar-refractivity contribution in [2.24, 2.45) is 0 Å². The summed E-state index contributed by atoms with van der Waals surface area (Å²) in [6.45, 7) is 0.846. The first kappa shape index (κ1) is 14.7. The van der Waals surface area contributed by atoms with E-state index in [2.05, 4.69) is 5.32 Å². The predicted molar refractivity (Wildman–Crippen MR) is 84.5 cm³/mol. The van der Waals surface area contributed by atoms with Gasteiger partial charge in [-0.25, -0.2) is 0 Å². The third kappa shape index (κ3) is 3.71. The van der Waals surface area contributed by atoms with E-state index in [-0.39, 0.29) is 12.0 Å². The van der Waals surface area contributed by atoms with Crippen molar-refractivity contribution in [1.82, 2.24) is 5.32 Å². The molecule has 2 aromatic carbocycles. The maximum atomic E-state index is 11.9. The van der Waals surface area contributed by atoms with Crippen LogP contribution in [0.3, 0.4) is 0 Å². The molecule has 114 valence electrons. The molecule has 0 fully saturated rings. The van der Waals surface area contributed by atoms with E-state index in [1.54, 1.807) is 12.1 Å². The molecule has 4 nitrogen and oxygen atoms in total. The Morgan fingerprint density at radius 3 is 2.64 bits per heavy atom. The van der Waals surface area contributed by atoms with Gasteiger partial charge >= 0.3 is 0 Å². The Bertz CT molecular complexity index is 657. The standard InChI is InChI=1S/C17H16ClNO3/c18-13-7-5-12(6-8-13)9-17(20)19-10-14-11-21-15-3-1-2-4-16(15)22-14/h1-8,14H,9-11H2,(H,19,20)/t14-/m0/s1. The molecule has 1 atom stereocenters. The molecule has 1 heterocycles. The van der Waals surface area contributed by atoms with Crippen LogP contribution >= 0.6 is 11.6 Å². The van der Waals surface area contributed by atoms with Gasteiger partial charge in [-0.15, -0.1) is 0 Å². The summed E-state index contributed by atoms with van der Waals surface area (Å²) < 4.78 is 11.4. The molecule has 1 amide bonds. The Hall–Kier alpha value is -2.20. The quantitative estimate of drug-likeness (QED) is 0.943. The number of hydrogen-bond acceptors (Lipinski definition) is 3. The van der Waals surface area contributed by atoms with Crippen LogP contribution in [0.25, 0.3) is 0 Å². The highest BCUT2D eigenvalue weighted by atomic mass is 35.5. The zero-order chi connectivity index (χ0) is 15.4. The van der Waals surface area contributed by atoms with Crippen LogP contribution in [0.4, 0.5) is 0 Å². The molecule has 3 rings (SSSR count). The monoisotopic (exact) mass is 317 g/mol. The van der Waals surface area contributed by atoms with Crippen LogP contribution in [-0.4, -0.2) is 25.2 Å². The number of carbonyl (C=O) groups excluding carboxylic acids is 1. The molecule has 0 aliphatic carbocycles. The van der Waals surface area contributed by atoms with Gasteiger partial charge in [-0.05, 0) is 29.8 Å². The number of nitrogens with one attached hydrogen (secondary N) is 1. The Morgan fingerprint density at radius 1 is 1.14 bits per heavy atom. The minimum Gasteiger partial charge on any atom is -0.486 e. The van der Waals surface area contributed by atoms with E-state index in [0.717, 1.165) is 11.3 Å². The maximum Gasteiger partial charge on any atom is 0.224 e. The lowest BCUT2D eigenvalue weighted by atomic mass is 10.1. The number of para-hydroxylation sites is 2. The fourth-order valence-corrected chi connectivity index (χ4v) is 2.37. The van der Waals surface area contributed by atoms with Crippen molar-refractivity contribution in [2.45, 2.75) is 12.5 Å². The summed E-state index contributed by atoms with van der Waals surface area (Å²) >= 11 is 5.82. The molecular formula is C17H16ClNO3. The largest absolute Gasteiger partial charge is 0.486 e. The number of hydrogen-bond donors (Lipinski definition) is 1. The molecule has 0 spiro atoms. The number of carbonyl (C=O) groups is 1. The lowest BCUT2D eigenvalue weighted by Crippen LogP contribution is -2.41. The molecule has 0 aromatic heterocycles. The summed E-state index contributed by atoms with van der Waals surface area (Å²) in [5, 5.41) is 3.53. The van der Waals surface area contributed by atoms with Gasteiger partial charge in [-0.1, -0.05) is 35.9 Å². The first-order valence-corrected chi connectivity index (χ1v) is 7.48. The molecule has 0 saturated heterocycles. The maximum absolute atomic E-state index is 11.9. The number of benzene rings is 2. The topological polar surface area (TPSA) is 47.6 Å². The molecule has 0 radical (unpaired) electrons. The van der Waals surface area contributed by atoms with E-state index in [0.29, 0.717) is 30.3 Å². The Morgan fingerprint density at radius 2 is 1.86 bits per heavy atom. The fourth-order valence-electron chi connectivity index (χ4n) is 2.24. The third-order valence-electron chi connectivity index (χ3n) is 3.37. The van der Waals surface area contributed by atoms with Gasteiger partial charge in [0.05, 0.1) is 13.0 Å². The van der Waals surface area contributed by atoms with Gasteiger partial charge < -0.3 is 14.8 Å². The van der Waals surface area contributed by atoms with Crippen molar-refractivity contribution in [2.75, 3.05) is 13.2 Å². The summed E-state index contributed by atoms with van der Waals surface area (Å²) in [4.78, 5) is 11.9. The van der Waals surface area contributed by atoms with Gasteiger partial charge in [0.25, 0.3) is 0 Å². The highest BCUT2D eigenvalue weighted by molar-refractivity contribution is 6.30. The smallest absolute Gasteiger partial charge is 0.224 e. The number of ether oxygens (including phenoxy) is 2. The summed E-state index contributed by atoms with van der Waals surface area (Å²) in [6, 6.07) is 14.8. The Kier molecular flexibility index (Phi) is 4.49. The first-order chi connectivity index (χ1) is 10.7.